The van der Waals surface area contributed by atoms with E-state index in [1.165, 1.54) is 51.4 Å². The molecule has 1 aliphatic rings. The lowest BCUT2D eigenvalue weighted by Gasteiger charge is -2.17. The first kappa shape index (κ1) is 13.5. The topological polar surface area (TPSA) is 37.3 Å². The molecule has 2 atom stereocenters. The molecular weight excluding hydrogens is 200 g/mol. The maximum Gasteiger partial charge on any atom is 0.303 e. The first-order chi connectivity index (χ1) is 7.74. The molecule has 0 aromatic rings. The third-order valence-electron chi connectivity index (χ3n) is 3.93. The predicted molar refractivity (Wildman–Crippen MR) is 66.5 cm³/mol. The van der Waals surface area contributed by atoms with E-state index in [1.54, 1.807) is 0 Å². The molecule has 1 saturated carbocycles. The van der Waals surface area contributed by atoms with Crippen molar-refractivity contribution in [2.45, 2.75) is 71.1 Å². The highest BCUT2D eigenvalue weighted by Gasteiger charge is 2.28. The highest BCUT2D eigenvalue weighted by atomic mass is 16.4. The molecule has 0 aromatic carbocycles. The number of carboxylic acid groups (broad SMARTS) is 1. The van der Waals surface area contributed by atoms with E-state index in [0.717, 1.165) is 6.42 Å². The summed E-state index contributed by atoms with van der Waals surface area (Å²) in [5.74, 6) is 0.573. The summed E-state index contributed by atoms with van der Waals surface area (Å²) >= 11 is 0. The minimum absolute atomic E-state index is 0.402. The smallest absolute Gasteiger partial charge is 0.303 e. The molecule has 0 heterocycles. The Hall–Kier alpha value is -0.530. The van der Waals surface area contributed by atoms with Gasteiger partial charge in [-0.3, -0.25) is 4.79 Å². The SMILES string of the molecule is CCCCCCCC1CCCC1CC(=O)O. The van der Waals surface area contributed by atoms with Crippen molar-refractivity contribution in [1.82, 2.24) is 0 Å². The number of hydrogen-bond donors (Lipinski definition) is 1. The summed E-state index contributed by atoms with van der Waals surface area (Å²) in [6, 6.07) is 0. The molecule has 0 bridgehead atoms. The maximum atomic E-state index is 10.7. The largest absolute Gasteiger partial charge is 0.481 e. The van der Waals surface area contributed by atoms with Crippen LogP contribution >= 0.6 is 0 Å². The van der Waals surface area contributed by atoms with Crippen LogP contribution in [0.15, 0.2) is 0 Å². The minimum atomic E-state index is -0.608. The molecule has 0 amide bonds. The Morgan fingerprint density at radius 3 is 2.50 bits per heavy atom. The zero-order valence-electron chi connectivity index (χ0n) is 10.6. The molecule has 2 nitrogen and oxygen atoms in total. The van der Waals surface area contributed by atoms with Gasteiger partial charge in [0.05, 0.1) is 0 Å². The van der Waals surface area contributed by atoms with E-state index in [4.69, 9.17) is 5.11 Å². The Kier molecular flexibility index (Phi) is 6.51. The average Bonchev–Trinajstić information content (AvgIpc) is 2.64. The Bertz CT molecular complexity index is 201. The van der Waals surface area contributed by atoms with E-state index in [2.05, 4.69) is 6.92 Å². The van der Waals surface area contributed by atoms with E-state index in [1.807, 2.05) is 0 Å². The molecule has 0 radical (unpaired) electrons. The van der Waals surface area contributed by atoms with Crippen molar-refractivity contribution in [2.75, 3.05) is 0 Å². The van der Waals surface area contributed by atoms with Crippen LogP contribution in [-0.4, -0.2) is 11.1 Å². The second kappa shape index (κ2) is 7.70. The van der Waals surface area contributed by atoms with Crippen molar-refractivity contribution in [3.05, 3.63) is 0 Å². The summed E-state index contributed by atoms with van der Waals surface area (Å²) in [5.41, 5.74) is 0. The highest BCUT2D eigenvalue weighted by molar-refractivity contribution is 5.67. The van der Waals surface area contributed by atoms with Crippen LogP contribution in [0.1, 0.15) is 71.1 Å². The Morgan fingerprint density at radius 2 is 1.81 bits per heavy atom. The third kappa shape index (κ3) is 5.00. The molecule has 1 N–H and O–H groups in total. The molecule has 2 heteroatoms. The minimum Gasteiger partial charge on any atom is -0.481 e. The molecule has 0 saturated heterocycles. The molecule has 1 rings (SSSR count). The second-order valence-electron chi connectivity index (χ2n) is 5.25. The van der Waals surface area contributed by atoms with Crippen molar-refractivity contribution < 1.29 is 9.90 Å². The number of rotatable bonds is 8. The van der Waals surface area contributed by atoms with Gasteiger partial charge in [-0.15, -0.1) is 0 Å². The van der Waals surface area contributed by atoms with Gasteiger partial charge in [0.1, 0.15) is 0 Å². The van der Waals surface area contributed by atoms with Gasteiger partial charge in [0.25, 0.3) is 0 Å². The quantitative estimate of drug-likeness (QED) is 0.629. The fourth-order valence-corrected chi connectivity index (χ4v) is 3.00. The molecular formula is C14H26O2. The van der Waals surface area contributed by atoms with Gasteiger partial charge in [-0.05, 0) is 18.3 Å². The lowest BCUT2D eigenvalue weighted by atomic mass is 9.88. The van der Waals surface area contributed by atoms with E-state index >= 15 is 0 Å². The van der Waals surface area contributed by atoms with Crippen molar-refractivity contribution >= 4 is 5.97 Å². The normalized spacial score (nSPS) is 24.8. The Balaban J connectivity index is 2.12. The molecule has 16 heavy (non-hydrogen) atoms. The van der Waals surface area contributed by atoms with Crippen LogP contribution in [-0.2, 0) is 4.79 Å². The summed E-state index contributed by atoms with van der Waals surface area (Å²) in [6.07, 6.45) is 12.0. The predicted octanol–water partition coefficient (Wildman–Crippen LogP) is 4.24. The van der Waals surface area contributed by atoms with E-state index in [-0.39, 0.29) is 0 Å². The van der Waals surface area contributed by atoms with Crippen LogP contribution in [0.5, 0.6) is 0 Å². The Labute approximate surface area is 99.4 Å². The standard InChI is InChI=1S/C14H26O2/c1-2-3-4-5-6-8-12-9-7-10-13(12)11-14(15)16/h12-13H,2-11H2,1H3,(H,15,16). The van der Waals surface area contributed by atoms with E-state index in [0.29, 0.717) is 18.3 Å². The summed E-state index contributed by atoms with van der Waals surface area (Å²) in [4.78, 5) is 10.7. The van der Waals surface area contributed by atoms with Crippen LogP contribution < -0.4 is 0 Å². The van der Waals surface area contributed by atoms with Gasteiger partial charge in [0, 0.05) is 6.42 Å². The van der Waals surface area contributed by atoms with Gasteiger partial charge in [-0.2, -0.15) is 0 Å². The lowest BCUT2D eigenvalue weighted by molar-refractivity contribution is -0.138. The molecule has 1 aliphatic carbocycles. The average molecular weight is 226 g/mol. The maximum absolute atomic E-state index is 10.7. The molecule has 0 aliphatic heterocycles. The molecule has 0 spiro atoms. The first-order valence-electron chi connectivity index (χ1n) is 6.95. The summed E-state index contributed by atoms with van der Waals surface area (Å²) in [6.45, 7) is 2.24. The van der Waals surface area contributed by atoms with Crippen molar-refractivity contribution in [3.8, 4) is 0 Å². The van der Waals surface area contributed by atoms with Gasteiger partial charge in [0.2, 0.25) is 0 Å². The van der Waals surface area contributed by atoms with Gasteiger partial charge in [-0.1, -0.05) is 58.3 Å². The fraction of sp³-hybridized carbons (Fsp3) is 0.929. The number of carboxylic acids is 1. The van der Waals surface area contributed by atoms with Gasteiger partial charge in [0.15, 0.2) is 0 Å². The number of aliphatic carboxylic acids is 1. The van der Waals surface area contributed by atoms with Crippen LogP contribution in [0.4, 0.5) is 0 Å². The van der Waals surface area contributed by atoms with Gasteiger partial charge >= 0.3 is 5.97 Å². The van der Waals surface area contributed by atoms with Crippen LogP contribution in [0.2, 0.25) is 0 Å². The third-order valence-corrected chi connectivity index (χ3v) is 3.93. The van der Waals surface area contributed by atoms with Crippen molar-refractivity contribution in [2.24, 2.45) is 11.8 Å². The van der Waals surface area contributed by atoms with Crippen LogP contribution in [0, 0.1) is 11.8 Å². The zero-order valence-corrected chi connectivity index (χ0v) is 10.6. The van der Waals surface area contributed by atoms with Crippen LogP contribution in [0.3, 0.4) is 0 Å². The Morgan fingerprint density at radius 1 is 1.12 bits per heavy atom. The van der Waals surface area contributed by atoms with Crippen LogP contribution in [0.25, 0.3) is 0 Å². The highest BCUT2D eigenvalue weighted by Crippen LogP contribution is 2.37. The number of carbonyl (C=O) groups is 1. The van der Waals surface area contributed by atoms with Crippen molar-refractivity contribution in [3.63, 3.8) is 0 Å². The molecule has 2 unspecified atom stereocenters. The summed E-state index contributed by atoms with van der Waals surface area (Å²) < 4.78 is 0. The fourth-order valence-electron chi connectivity index (χ4n) is 3.00. The molecule has 1 fully saturated rings. The van der Waals surface area contributed by atoms with E-state index in [9.17, 15) is 4.79 Å². The first-order valence-corrected chi connectivity index (χ1v) is 6.95. The van der Waals surface area contributed by atoms with Crippen molar-refractivity contribution in [1.29, 1.82) is 0 Å². The van der Waals surface area contributed by atoms with E-state index < -0.39 is 5.97 Å². The number of unbranched alkanes of at least 4 members (excludes halogenated alkanes) is 4. The monoisotopic (exact) mass is 226 g/mol. The summed E-state index contributed by atoms with van der Waals surface area (Å²) in [5, 5.41) is 8.83. The molecule has 94 valence electrons. The second-order valence-corrected chi connectivity index (χ2v) is 5.25. The van der Waals surface area contributed by atoms with Gasteiger partial charge < -0.3 is 5.11 Å². The number of hydrogen-bond acceptors (Lipinski definition) is 1. The summed E-state index contributed by atoms with van der Waals surface area (Å²) in [7, 11) is 0. The zero-order chi connectivity index (χ0) is 11.8. The van der Waals surface area contributed by atoms with Gasteiger partial charge in [-0.25, -0.2) is 0 Å². The molecule has 0 aromatic heterocycles. The lowest BCUT2D eigenvalue weighted by Crippen LogP contribution is -2.12.